The van der Waals surface area contributed by atoms with Gasteiger partial charge < -0.3 is 20.1 Å². The van der Waals surface area contributed by atoms with Gasteiger partial charge >= 0.3 is 0 Å². The number of aliphatic hydroxyl groups excluding tert-OH is 3. The molecule has 0 bridgehead atoms. The molecule has 0 rings (SSSR count). The molecule has 11 heavy (non-hydrogen) atoms. The fourth-order valence-electron chi connectivity index (χ4n) is 0.685. The monoisotopic (exact) mass is 163 g/mol. The van der Waals surface area contributed by atoms with Crippen molar-refractivity contribution in [3.05, 3.63) is 0 Å². The van der Waals surface area contributed by atoms with Crippen LogP contribution in [-0.4, -0.2) is 40.4 Å². The number of aldehydes is 1. The van der Waals surface area contributed by atoms with E-state index in [-0.39, 0.29) is 13.3 Å². The molecule has 0 saturated heterocycles. The van der Waals surface area contributed by atoms with Gasteiger partial charge in [-0.1, -0.05) is 6.90 Å². The summed E-state index contributed by atoms with van der Waals surface area (Å²) in [7, 11) is 0. The summed E-state index contributed by atoms with van der Waals surface area (Å²) >= 11 is 0. The maximum absolute atomic E-state index is 10.1. The number of carbonyl (C=O) groups excluding carboxylic acids is 1. The van der Waals surface area contributed by atoms with Crippen LogP contribution >= 0.6 is 0 Å². The molecule has 3 atom stereocenters. The Labute approximate surface area is 66.9 Å². The van der Waals surface area contributed by atoms with E-state index in [1.165, 1.54) is 0 Å². The average Bonchev–Trinajstić information content (AvgIpc) is 2.11. The second-order valence-electron chi connectivity index (χ2n) is 2.40. The molecule has 3 N–H and O–H groups in total. The predicted octanol–water partition coefficient (Wildman–Crippen LogP) is -1.07. The van der Waals surface area contributed by atoms with Crippen molar-refractivity contribution < 1.29 is 21.5 Å². The highest BCUT2D eigenvalue weighted by Crippen LogP contribution is 2.09. The van der Waals surface area contributed by atoms with Crippen molar-refractivity contribution in [2.24, 2.45) is 5.92 Å². The summed E-state index contributed by atoms with van der Waals surface area (Å²) in [5.41, 5.74) is 0. The van der Waals surface area contributed by atoms with E-state index in [4.69, 9.17) is 11.6 Å². The highest BCUT2D eigenvalue weighted by atomic mass is 16.4. The van der Waals surface area contributed by atoms with E-state index in [0.29, 0.717) is 6.29 Å². The normalized spacial score (nSPS) is 20.1. The summed E-state index contributed by atoms with van der Waals surface area (Å²) in [6.07, 6.45) is -1.84. The number of aliphatic hydroxyl groups is 3. The first kappa shape index (κ1) is 8.64. The summed E-state index contributed by atoms with van der Waals surface area (Å²) in [4.78, 5) is 10.1. The molecule has 0 aliphatic carbocycles. The lowest BCUT2D eigenvalue weighted by Gasteiger charge is -2.20. The summed E-state index contributed by atoms with van der Waals surface area (Å²) in [6, 6.07) is 0. The molecule has 0 heterocycles. The third-order valence-electron chi connectivity index (χ3n) is 1.46. The van der Waals surface area contributed by atoms with Gasteiger partial charge in [-0.2, -0.15) is 0 Å². The van der Waals surface area contributed by atoms with Gasteiger partial charge in [0.2, 0.25) is 0 Å². The standard InChI is InChI=1S/C7H14O4/c1-5(2-3-8)7(11)6(10)4-9/h3,5-7,9-11H,2,4H2,1H3/t5-,6+,7-/m0/s1/i1D. The minimum absolute atomic E-state index is 0.0295. The summed E-state index contributed by atoms with van der Waals surface area (Å²) in [5, 5.41) is 26.6. The van der Waals surface area contributed by atoms with Gasteiger partial charge in [0.1, 0.15) is 12.4 Å². The van der Waals surface area contributed by atoms with Crippen molar-refractivity contribution in [2.45, 2.75) is 25.5 Å². The lowest BCUT2D eigenvalue weighted by molar-refractivity contribution is -0.110. The molecule has 0 radical (unpaired) electrons. The number of hydrogen-bond acceptors (Lipinski definition) is 4. The van der Waals surface area contributed by atoms with Crippen molar-refractivity contribution >= 4 is 6.29 Å². The molecule has 4 heteroatoms. The molecule has 0 fully saturated rings. The molecular formula is C7H14O4. The van der Waals surface area contributed by atoms with Gasteiger partial charge in [0.05, 0.1) is 12.7 Å². The lowest BCUT2D eigenvalue weighted by Crippen LogP contribution is -2.34. The Hall–Kier alpha value is -0.450. The number of carbonyl (C=O) groups is 1. The quantitative estimate of drug-likeness (QED) is 0.451. The van der Waals surface area contributed by atoms with Crippen LogP contribution in [0.5, 0.6) is 0 Å². The highest BCUT2D eigenvalue weighted by Gasteiger charge is 2.21. The van der Waals surface area contributed by atoms with Gasteiger partial charge in [0.25, 0.3) is 0 Å². The van der Waals surface area contributed by atoms with Gasteiger partial charge in [0, 0.05) is 7.79 Å². The Morgan fingerprint density at radius 3 is 2.64 bits per heavy atom. The van der Waals surface area contributed by atoms with Crippen LogP contribution in [-0.2, 0) is 4.79 Å². The van der Waals surface area contributed by atoms with E-state index in [9.17, 15) is 9.90 Å². The molecule has 0 aliphatic heterocycles. The molecule has 0 aromatic rings. The van der Waals surface area contributed by atoms with Crippen molar-refractivity contribution in [3.63, 3.8) is 0 Å². The first-order chi connectivity index (χ1) is 5.67. The van der Waals surface area contributed by atoms with Crippen molar-refractivity contribution in [2.75, 3.05) is 6.61 Å². The fourth-order valence-corrected chi connectivity index (χ4v) is 0.685. The zero-order valence-corrected chi connectivity index (χ0v) is 6.18. The topological polar surface area (TPSA) is 77.8 Å². The predicted molar refractivity (Wildman–Crippen MR) is 38.9 cm³/mol. The van der Waals surface area contributed by atoms with Gasteiger partial charge in [-0.05, 0) is 5.92 Å². The summed E-state index contributed by atoms with van der Waals surface area (Å²) < 4.78 is 6.95. The highest BCUT2D eigenvalue weighted by molar-refractivity contribution is 5.49. The van der Waals surface area contributed by atoms with Gasteiger partial charge in [-0.25, -0.2) is 0 Å². The second-order valence-corrected chi connectivity index (χ2v) is 2.40. The van der Waals surface area contributed by atoms with Crippen LogP contribution in [0, 0.1) is 5.92 Å². The Morgan fingerprint density at radius 1 is 1.64 bits per heavy atom. The Balaban J connectivity index is 3.99. The second kappa shape index (κ2) is 5.23. The smallest absolute Gasteiger partial charge is 0.120 e. The molecule has 0 aromatic carbocycles. The molecule has 0 amide bonds. The molecule has 0 aliphatic rings. The lowest BCUT2D eigenvalue weighted by atomic mass is 9.98. The number of hydrogen-bond donors (Lipinski definition) is 3. The van der Waals surface area contributed by atoms with E-state index >= 15 is 0 Å². The average molecular weight is 163 g/mol. The Bertz CT molecular complexity index is 131. The van der Waals surface area contributed by atoms with Crippen LogP contribution in [0.3, 0.4) is 0 Å². The van der Waals surface area contributed by atoms with Crippen LogP contribution in [0.1, 0.15) is 14.7 Å². The van der Waals surface area contributed by atoms with Crippen LogP contribution < -0.4 is 0 Å². The van der Waals surface area contributed by atoms with Crippen molar-refractivity contribution in [1.82, 2.24) is 0 Å². The molecule has 66 valence electrons. The minimum atomic E-state index is -1.26. The van der Waals surface area contributed by atoms with Crippen molar-refractivity contribution in [1.29, 1.82) is 0 Å². The summed E-state index contributed by atoms with van der Waals surface area (Å²) in [6.45, 7) is -0.701. The largest absolute Gasteiger partial charge is 0.394 e. The third-order valence-corrected chi connectivity index (χ3v) is 1.46. The zero-order valence-electron chi connectivity index (χ0n) is 7.18. The molecule has 0 aromatic heterocycles. The van der Waals surface area contributed by atoms with E-state index < -0.39 is 24.7 Å². The molecular weight excluding hydrogens is 148 g/mol. The third kappa shape index (κ3) is 3.46. The van der Waals surface area contributed by atoms with E-state index in [0.717, 1.165) is 0 Å². The Morgan fingerprint density at radius 2 is 2.27 bits per heavy atom. The van der Waals surface area contributed by atoms with Crippen LogP contribution in [0.2, 0.25) is 0 Å². The molecule has 4 nitrogen and oxygen atoms in total. The minimum Gasteiger partial charge on any atom is -0.394 e. The SMILES string of the molecule is [2H]C[C@@H](CC=O)[C@H](O)[C@H](O)CO. The van der Waals surface area contributed by atoms with Gasteiger partial charge in [-0.3, -0.25) is 0 Å². The van der Waals surface area contributed by atoms with E-state index in [1.807, 2.05) is 0 Å². The van der Waals surface area contributed by atoms with Crippen LogP contribution in [0.15, 0.2) is 0 Å². The van der Waals surface area contributed by atoms with Gasteiger partial charge in [-0.15, -0.1) is 0 Å². The summed E-state index contributed by atoms with van der Waals surface area (Å²) in [5.74, 6) is -0.593. The fraction of sp³-hybridized carbons (Fsp3) is 0.857. The maximum atomic E-state index is 10.1. The van der Waals surface area contributed by atoms with E-state index in [2.05, 4.69) is 0 Å². The molecule has 0 saturated carbocycles. The maximum Gasteiger partial charge on any atom is 0.120 e. The van der Waals surface area contributed by atoms with Crippen LogP contribution in [0.25, 0.3) is 0 Å². The van der Waals surface area contributed by atoms with Crippen molar-refractivity contribution in [3.8, 4) is 0 Å². The van der Waals surface area contributed by atoms with Crippen LogP contribution in [0.4, 0.5) is 0 Å². The molecule has 0 unspecified atom stereocenters. The van der Waals surface area contributed by atoms with Gasteiger partial charge in [0.15, 0.2) is 0 Å². The van der Waals surface area contributed by atoms with E-state index in [1.54, 1.807) is 0 Å². The molecule has 0 spiro atoms. The zero-order chi connectivity index (χ0) is 9.56. The Kier molecular flexibility index (Phi) is 4.11. The number of rotatable bonds is 5. The first-order valence-corrected chi connectivity index (χ1v) is 3.37. The first-order valence-electron chi connectivity index (χ1n) is 4.08.